The van der Waals surface area contributed by atoms with Crippen molar-refractivity contribution < 1.29 is 0 Å². The SMILES string of the molecule is CC(C)N(C(C)C)P(=S)(c1ccccc1)c1ccccc1S. The van der Waals surface area contributed by atoms with Gasteiger partial charge >= 0.3 is 0 Å². The Hall–Kier alpha value is -0.600. The van der Waals surface area contributed by atoms with Gasteiger partial charge in [0.1, 0.15) is 0 Å². The first-order chi connectivity index (χ1) is 10.4. The van der Waals surface area contributed by atoms with Gasteiger partial charge < -0.3 is 0 Å². The molecule has 118 valence electrons. The van der Waals surface area contributed by atoms with E-state index in [0.717, 1.165) is 4.90 Å². The normalized spacial score (nSPS) is 14.5. The molecule has 0 bridgehead atoms. The van der Waals surface area contributed by atoms with Crippen LogP contribution in [0.3, 0.4) is 0 Å². The summed E-state index contributed by atoms with van der Waals surface area (Å²) >= 11 is 11.1. The summed E-state index contributed by atoms with van der Waals surface area (Å²) in [4.78, 5) is 0.987. The summed E-state index contributed by atoms with van der Waals surface area (Å²) in [5.74, 6) is 0. The van der Waals surface area contributed by atoms with Gasteiger partial charge in [0, 0.05) is 27.6 Å². The summed E-state index contributed by atoms with van der Waals surface area (Å²) in [6.07, 6.45) is -2.09. The zero-order chi connectivity index (χ0) is 16.3. The van der Waals surface area contributed by atoms with Crippen LogP contribution in [0.5, 0.6) is 0 Å². The van der Waals surface area contributed by atoms with E-state index in [1.54, 1.807) is 0 Å². The van der Waals surface area contributed by atoms with Crippen molar-refractivity contribution in [2.24, 2.45) is 0 Å². The predicted octanol–water partition coefficient (Wildman–Crippen LogP) is 4.44. The maximum Gasteiger partial charge on any atom is 0.0725 e. The van der Waals surface area contributed by atoms with Crippen molar-refractivity contribution in [3.8, 4) is 0 Å². The zero-order valence-corrected chi connectivity index (χ0v) is 16.2. The molecule has 1 unspecified atom stereocenters. The Morgan fingerprint density at radius 1 is 0.864 bits per heavy atom. The number of thiol groups is 1. The Balaban J connectivity index is 2.76. The van der Waals surface area contributed by atoms with Crippen molar-refractivity contribution in [1.82, 2.24) is 4.67 Å². The van der Waals surface area contributed by atoms with E-state index >= 15 is 0 Å². The fourth-order valence-corrected chi connectivity index (χ4v) is 9.11. The van der Waals surface area contributed by atoms with E-state index in [1.165, 1.54) is 10.6 Å². The quantitative estimate of drug-likeness (QED) is 0.628. The molecule has 0 aliphatic rings. The van der Waals surface area contributed by atoms with E-state index in [4.69, 9.17) is 24.4 Å². The minimum atomic E-state index is -2.09. The largest absolute Gasteiger partial charge is 0.263 e. The minimum absolute atomic E-state index is 0.374. The van der Waals surface area contributed by atoms with Crippen molar-refractivity contribution in [3.63, 3.8) is 0 Å². The third kappa shape index (κ3) is 3.33. The summed E-state index contributed by atoms with van der Waals surface area (Å²) in [7, 11) is 0. The Bertz CT molecular complexity index is 660. The molecule has 4 heteroatoms. The summed E-state index contributed by atoms with van der Waals surface area (Å²) in [6.45, 7) is 8.91. The van der Waals surface area contributed by atoms with Gasteiger partial charge in [-0.25, -0.2) is 0 Å². The first-order valence-electron chi connectivity index (χ1n) is 7.62. The van der Waals surface area contributed by atoms with Crippen LogP contribution < -0.4 is 10.6 Å². The van der Waals surface area contributed by atoms with Gasteiger partial charge in [0.25, 0.3) is 0 Å². The summed E-state index contributed by atoms with van der Waals surface area (Å²) in [6, 6.07) is 19.6. The highest BCUT2D eigenvalue weighted by atomic mass is 32.4. The highest BCUT2D eigenvalue weighted by Gasteiger charge is 2.34. The molecule has 0 saturated carbocycles. The van der Waals surface area contributed by atoms with Crippen LogP contribution in [0.2, 0.25) is 0 Å². The molecule has 1 nitrogen and oxygen atoms in total. The molecule has 0 N–H and O–H groups in total. The van der Waals surface area contributed by atoms with Crippen molar-refractivity contribution in [2.45, 2.75) is 44.7 Å². The minimum Gasteiger partial charge on any atom is -0.263 e. The molecular formula is C18H24NPS2. The van der Waals surface area contributed by atoms with Gasteiger partial charge in [-0.1, -0.05) is 60.3 Å². The molecule has 1 atom stereocenters. The Morgan fingerprint density at radius 2 is 1.36 bits per heavy atom. The lowest BCUT2D eigenvalue weighted by Gasteiger charge is -2.42. The molecule has 0 fully saturated rings. The average Bonchev–Trinajstić information content (AvgIpc) is 2.47. The standard InChI is InChI=1S/C18H24NPS2/c1-14(2)19(15(3)4)20(22,16-10-6-5-7-11-16)17-12-8-9-13-18(17)21/h5-15,21H,1-4H3. The van der Waals surface area contributed by atoms with Crippen molar-refractivity contribution in [3.05, 3.63) is 54.6 Å². The Labute approximate surface area is 145 Å². The van der Waals surface area contributed by atoms with Crippen LogP contribution in [-0.4, -0.2) is 16.8 Å². The molecule has 2 rings (SSSR count). The van der Waals surface area contributed by atoms with Gasteiger partial charge in [0.05, 0.1) is 6.19 Å². The van der Waals surface area contributed by atoms with Crippen LogP contribution in [0.1, 0.15) is 27.7 Å². The molecule has 0 aliphatic heterocycles. The second kappa shape index (κ2) is 7.31. The van der Waals surface area contributed by atoms with E-state index < -0.39 is 6.19 Å². The topological polar surface area (TPSA) is 3.24 Å². The van der Waals surface area contributed by atoms with Gasteiger partial charge in [-0.2, -0.15) is 0 Å². The van der Waals surface area contributed by atoms with Crippen molar-refractivity contribution in [2.75, 3.05) is 0 Å². The van der Waals surface area contributed by atoms with Crippen LogP contribution in [0.25, 0.3) is 0 Å². The molecule has 0 aliphatic carbocycles. The van der Waals surface area contributed by atoms with Crippen LogP contribution in [0, 0.1) is 0 Å². The van der Waals surface area contributed by atoms with Gasteiger partial charge in [-0.3, -0.25) is 4.67 Å². The number of rotatable bonds is 5. The number of hydrogen-bond acceptors (Lipinski definition) is 2. The molecule has 0 radical (unpaired) electrons. The van der Waals surface area contributed by atoms with E-state index in [-0.39, 0.29) is 0 Å². The van der Waals surface area contributed by atoms with Crippen LogP contribution in [0.4, 0.5) is 0 Å². The Kier molecular flexibility index (Phi) is 5.90. The first kappa shape index (κ1) is 17.7. The fourth-order valence-electron chi connectivity index (χ4n) is 2.99. The second-order valence-corrected chi connectivity index (χ2v) is 10.6. The third-order valence-electron chi connectivity index (χ3n) is 3.70. The molecule has 0 heterocycles. The van der Waals surface area contributed by atoms with Crippen LogP contribution >= 0.6 is 18.8 Å². The zero-order valence-electron chi connectivity index (χ0n) is 13.6. The van der Waals surface area contributed by atoms with Gasteiger partial charge in [0.2, 0.25) is 0 Å². The van der Waals surface area contributed by atoms with E-state index in [1.807, 2.05) is 18.2 Å². The maximum absolute atomic E-state index is 6.38. The van der Waals surface area contributed by atoms with Gasteiger partial charge in [-0.05, 0) is 33.8 Å². The van der Waals surface area contributed by atoms with Gasteiger partial charge in [0.15, 0.2) is 0 Å². The average molecular weight is 350 g/mol. The molecular weight excluding hydrogens is 325 g/mol. The summed E-state index contributed by atoms with van der Waals surface area (Å²) in [5.41, 5.74) is 0. The van der Waals surface area contributed by atoms with E-state index in [9.17, 15) is 0 Å². The lowest BCUT2D eigenvalue weighted by atomic mass is 10.3. The smallest absolute Gasteiger partial charge is 0.0725 e. The van der Waals surface area contributed by atoms with Crippen molar-refractivity contribution in [1.29, 1.82) is 0 Å². The van der Waals surface area contributed by atoms with Crippen molar-refractivity contribution >= 4 is 41.2 Å². The molecule has 0 amide bonds. The van der Waals surface area contributed by atoms with E-state index in [2.05, 4.69) is 68.8 Å². The first-order valence-corrected chi connectivity index (χ1v) is 10.8. The monoisotopic (exact) mass is 349 g/mol. The summed E-state index contributed by atoms with van der Waals surface area (Å²) < 4.78 is 2.49. The lowest BCUT2D eigenvalue weighted by Crippen LogP contribution is -2.41. The van der Waals surface area contributed by atoms with Gasteiger partial charge in [-0.15, -0.1) is 12.6 Å². The Morgan fingerprint density at radius 3 is 1.86 bits per heavy atom. The molecule has 0 spiro atoms. The molecule has 2 aromatic rings. The third-order valence-corrected chi connectivity index (χ3v) is 9.67. The lowest BCUT2D eigenvalue weighted by molar-refractivity contribution is 0.326. The van der Waals surface area contributed by atoms with Crippen LogP contribution in [-0.2, 0) is 11.8 Å². The highest BCUT2D eigenvalue weighted by molar-refractivity contribution is 8.20. The molecule has 0 saturated heterocycles. The predicted molar refractivity (Wildman–Crippen MR) is 106 cm³/mol. The molecule has 0 aromatic heterocycles. The number of hydrogen-bond donors (Lipinski definition) is 1. The number of benzene rings is 2. The maximum atomic E-state index is 6.38. The second-order valence-electron chi connectivity index (χ2n) is 5.97. The molecule has 22 heavy (non-hydrogen) atoms. The molecule has 2 aromatic carbocycles. The fraction of sp³-hybridized carbons (Fsp3) is 0.333. The summed E-state index contributed by atoms with van der Waals surface area (Å²) in [5, 5.41) is 2.41. The van der Waals surface area contributed by atoms with Crippen LogP contribution in [0.15, 0.2) is 59.5 Å². The highest BCUT2D eigenvalue weighted by Crippen LogP contribution is 2.51. The van der Waals surface area contributed by atoms with E-state index in [0.29, 0.717) is 12.1 Å². The number of nitrogens with zero attached hydrogens (tertiary/aromatic N) is 1.